The Kier molecular flexibility index (Phi) is 5.67. The topological polar surface area (TPSA) is 61.9 Å². The first-order valence-electron chi connectivity index (χ1n) is 8.81. The quantitative estimate of drug-likeness (QED) is 0.751. The van der Waals surface area contributed by atoms with Crippen molar-refractivity contribution in [1.82, 2.24) is 15.1 Å². The molecule has 2 heterocycles. The number of amides is 2. The molecule has 1 saturated carbocycles. The highest BCUT2D eigenvalue weighted by Crippen LogP contribution is 2.24. The molecule has 6 nitrogen and oxygen atoms in total. The number of carbonyl (C=O) groups is 2. The molecular formula is C17H27N3O3. The van der Waals surface area contributed by atoms with Gasteiger partial charge in [0.15, 0.2) is 0 Å². The summed E-state index contributed by atoms with van der Waals surface area (Å²) in [7, 11) is 0. The van der Waals surface area contributed by atoms with Crippen LogP contribution in [0, 0.1) is 0 Å². The van der Waals surface area contributed by atoms with Gasteiger partial charge in [0.05, 0.1) is 13.2 Å². The number of piperidine rings is 1. The molecule has 2 saturated heterocycles. The lowest BCUT2D eigenvalue weighted by molar-refractivity contribution is -0.138. The highest BCUT2D eigenvalue weighted by atomic mass is 16.5. The first-order chi connectivity index (χ1) is 11.2. The molecule has 1 N–H and O–H groups in total. The first-order valence-corrected chi connectivity index (χ1v) is 8.81. The van der Waals surface area contributed by atoms with Crippen molar-refractivity contribution in [3.63, 3.8) is 0 Å². The second-order valence-corrected chi connectivity index (χ2v) is 6.64. The fourth-order valence-electron chi connectivity index (χ4n) is 3.31. The average molecular weight is 321 g/mol. The summed E-state index contributed by atoms with van der Waals surface area (Å²) in [6.07, 6.45) is 6.62. The van der Waals surface area contributed by atoms with Crippen LogP contribution in [-0.4, -0.2) is 73.6 Å². The second kappa shape index (κ2) is 7.93. The number of carbonyl (C=O) groups excluding carboxylic acids is 2. The Bertz CT molecular complexity index is 466. The minimum absolute atomic E-state index is 0.0740. The lowest BCUT2D eigenvalue weighted by Gasteiger charge is -2.35. The Morgan fingerprint density at radius 1 is 1.17 bits per heavy atom. The van der Waals surface area contributed by atoms with E-state index in [2.05, 4.69) is 10.2 Å². The first kappa shape index (κ1) is 16.5. The molecule has 3 fully saturated rings. The number of likely N-dealkylation sites (tertiary alicyclic amines) is 1. The van der Waals surface area contributed by atoms with E-state index in [0.29, 0.717) is 0 Å². The maximum absolute atomic E-state index is 12.6. The number of morpholine rings is 1. The molecule has 0 aromatic rings. The Hall–Kier alpha value is -1.40. The molecule has 3 rings (SSSR count). The summed E-state index contributed by atoms with van der Waals surface area (Å²) in [5.41, 5.74) is 1.20. The zero-order valence-corrected chi connectivity index (χ0v) is 13.8. The molecule has 1 unspecified atom stereocenters. The minimum atomic E-state index is -0.349. The van der Waals surface area contributed by atoms with E-state index >= 15 is 0 Å². The van der Waals surface area contributed by atoms with Crippen LogP contribution in [0.25, 0.3) is 0 Å². The summed E-state index contributed by atoms with van der Waals surface area (Å²) in [5, 5.41) is 2.90. The summed E-state index contributed by atoms with van der Waals surface area (Å²) < 4.78 is 5.34. The summed E-state index contributed by atoms with van der Waals surface area (Å²) in [5.74, 6) is -0.0297. The van der Waals surface area contributed by atoms with Gasteiger partial charge in [0.2, 0.25) is 11.8 Å². The Balaban J connectivity index is 1.46. The van der Waals surface area contributed by atoms with E-state index in [0.717, 1.165) is 71.6 Å². The highest BCUT2D eigenvalue weighted by Gasteiger charge is 2.29. The number of hydrogen-bond donors (Lipinski definition) is 1. The van der Waals surface area contributed by atoms with Gasteiger partial charge >= 0.3 is 0 Å². The summed E-state index contributed by atoms with van der Waals surface area (Å²) in [4.78, 5) is 28.8. The second-order valence-electron chi connectivity index (χ2n) is 6.64. The predicted octanol–water partition coefficient (Wildman–Crippen LogP) is 0.536. The van der Waals surface area contributed by atoms with Gasteiger partial charge in [0.1, 0.15) is 6.04 Å². The predicted molar refractivity (Wildman–Crippen MR) is 86.9 cm³/mol. The Labute approximate surface area is 137 Å². The van der Waals surface area contributed by atoms with E-state index in [4.69, 9.17) is 4.74 Å². The van der Waals surface area contributed by atoms with Gasteiger partial charge < -0.3 is 15.0 Å². The largest absolute Gasteiger partial charge is 0.379 e. The van der Waals surface area contributed by atoms with Crippen LogP contribution in [0.5, 0.6) is 0 Å². The van der Waals surface area contributed by atoms with Crippen LogP contribution < -0.4 is 5.32 Å². The van der Waals surface area contributed by atoms with Gasteiger partial charge in [-0.25, -0.2) is 0 Å². The number of ether oxygens (including phenoxy) is 1. The summed E-state index contributed by atoms with van der Waals surface area (Å²) in [6, 6.07) is -0.349. The number of hydrogen-bond acceptors (Lipinski definition) is 4. The zero-order valence-electron chi connectivity index (χ0n) is 13.8. The van der Waals surface area contributed by atoms with Crippen LogP contribution in [0.15, 0.2) is 11.6 Å². The third-order valence-corrected chi connectivity index (χ3v) is 4.97. The van der Waals surface area contributed by atoms with E-state index in [1.807, 2.05) is 4.90 Å². The molecule has 0 aromatic carbocycles. The van der Waals surface area contributed by atoms with Gasteiger partial charge in [-0.15, -0.1) is 0 Å². The number of nitrogens with zero attached hydrogens (tertiary/aromatic N) is 2. The van der Waals surface area contributed by atoms with Gasteiger partial charge in [0.25, 0.3) is 0 Å². The van der Waals surface area contributed by atoms with Crippen molar-refractivity contribution in [2.24, 2.45) is 0 Å². The molecule has 23 heavy (non-hydrogen) atoms. The zero-order chi connectivity index (χ0) is 16.1. The maximum atomic E-state index is 12.6. The van der Waals surface area contributed by atoms with Gasteiger partial charge in [-0.1, -0.05) is 5.57 Å². The molecule has 2 amide bonds. The van der Waals surface area contributed by atoms with Gasteiger partial charge in [-0.2, -0.15) is 0 Å². The molecule has 2 aliphatic heterocycles. The van der Waals surface area contributed by atoms with Crippen LogP contribution in [0.1, 0.15) is 32.1 Å². The molecular weight excluding hydrogens is 294 g/mol. The molecule has 1 aliphatic carbocycles. The monoisotopic (exact) mass is 321 g/mol. The van der Waals surface area contributed by atoms with E-state index in [1.165, 1.54) is 12.0 Å². The molecule has 1 atom stereocenters. The van der Waals surface area contributed by atoms with Crippen molar-refractivity contribution >= 4 is 11.8 Å². The molecule has 128 valence electrons. The normalized spacial score (nSPS) is 25.9. The number of rotatable bonds is 5. The average Bonchev–Trinajstić information content (AvgIpc) is 2.53. The smallest absolute Gasteiger partial charge is 0.245 e. The van der Waals surface area contributed by atoms with Crippen LogP contribution in [0.4, 0.5) is 0 Å². The van der Waals surface area contributed by atoms with Crippen LogP contribution in [-0.2, 0) is 14.3 Å². The fourth-order valence-corrected chi connectivity index (χ4v) is 3.31. The molecule has 3 aliphatic rings. The van der Waals surface area contributed by atoms with Crippen molar-refractivity contribution in [2.45, 2.75) is 38.1 Å². The molecule has 0 spiro atoms. The number of allylic oxidation sites excluding steroid dienone is 1. The lowest BCUT2D eigenvalue weighted by Crippen LogP contribution is -2.53. The molecule has 6 heteroatoms. The fraction of sp³-hybridized carbons (Fsp3) is 0.765. The highest BCUT2D eigenvalue weighted by molar-refractivity contribution is 5.93. The SMILES string of the molecule is O=C(C=C1CCC1)NC1CCCN(CCN2CCOCC2)C1=O. The molecule has 0 bridgehead atoms. The van der Waals surface area contributed by atoms with Crippen molar-refractivity contribution in [3.8, 4) is 0 Å². The van der Waals surface area contributed by atoms with Gasteiger partial charge in [0, 0.05) is 38.8 Å². The Morgan fingerprint density at radius 3 is 2.65 bits per heavy atom. The van der Waals surface area contributed by atoms with E-state index < -0.39 is 0 Å². The molecule has 0 radical (unpaired) electrons. The van der Waals surface area contributed by atoms with Crippen LogP contribution in [0.3, 0.4) is 0 Å². The summed E-state index contributed by atoms with van der Waals surface area (Å²) >= 11 is 0. The van der Waals surface area contributed by atoms with Gasteiger partial charge in [-0.05, 0) is 32.1 Å². The maximum Gasteiger partial charge on any atom is 0.245 e. The van der Waals surface area contributed by atoms with Crippen molar-refractivity contribution < 1.29 is 14.3 Å². The van der Waals surface area contributed by atoms with E-state index in [1.54, 1.807) is 6.08 Å². The molecule has 0 aromatic heterocycles. The van der Waals surface area contributed by atoms with Crippen molar-refractivity contribution in [2.75, 3.05) is 45.9 Å². The third kappa shape index (κ3) is 4.54. The van der Waals surface area contributed by atoms with Gasteiger partial charge in [-0.3, -0.25) is 14.5 Å². The van der Waals surface area contributed by atoms with Crippen molar-refractivity contribution in [3.05, 3.63) is 11.6 Å². The summed E-state index contributed by atoms with van der Waals surface area (Å²) in [6.45, 7) is 5.87. The van der Waals surface area contributed by atoms with Crippen LogP contribution in [0.2, 0.25) is 0 Å². The van der Waals surface area contributed by atoms with E-state index in [9.17, 15) is 9.59 Å². The standard InChI is InChI=1S/C17H27N3O3/c21-16(13-14-3-1-4-14)18-15-5-2-6-20(17(15)22)8-7-19-9-11-23-12-10-19/h13,15H,1-12H2,(H,18,21). The third-order valence-electron chi connectivity index (χ3n) is 4.97. The Morgan fingerprint density at radius 2 is 1.96 bits per heavy atom. The lowest BCUT2D eigenvalue weighted by atomic mass is 9.92. The van der Waals surface area contributed by atoms with E-state index in [-0.39, 0.29) is 17.9 Å². The number of nitrogens with one attached hydrogen (secondary N) is 1. The minimum Gasteiger partial charge on any atom is -0.379 e. The van der Waals surface area contributed by atoms with Crippen LogP contribution >= 0.6 is 0 Å². The van der Waals surface area contributed by atoms with Crippen molar-refractivity contribution in [1.29, 1.82) is 0 Å².